The summed E-state index contributed by atoms with van der Waals surface area (Å²) in [6.45, 7) is 5.26. The Morgan fingerprint density at radius 2 is 1.72 bits per heavy atom. The van der Waals surface area contributed by atoms with E-state index in [1.807, 2.05) is 0 Å². The van der Waals surface area contributed by atoms with Gasteiger partial charge in [-0.05, 0) is 31.4 Å². The van der Waals surface area contributed by atoms with Crippen molar-refractivity contribution in [2.75, 3.05) is 0 Å². The Bertz CT molecular complexity index is 1060. The molecule has 1 aromatic carbocycles. The van der Waals surface area contributed by atoms with E-state index in [1.165, 1.54) is 12.1 Å². The Labute approximate surface area is 165 Å². The summed E-state index contributed by atoms with van der Waals surface area (Å²) in [5, 5.41) is 10.6. The van der Waals surface area contributed by atoms with E-state index in [9.17, 15) is 27.9 Å². The molecule has 0 atom stereocenters. The van der Waals surface area contributed by atoms with E-state index in [4.69, 9.17) is 4.42 Å². The second-order valence-corrected chi connectivity index (χ2v) is 7.06. The molecule has 29 heavy (non-hydrogen) atoms. The van der Waals surface area contributed by atoms with Gasteiger partial charge >= 0.3 is 6.18 Å². The molecule has 0 fully saturated rings. The summed E-state index contributed by atoms with van der Waals surface area (Å²) in [7, 11) is 0. The number of hydrogen-bond donors (Lipinski definition) is 1. The fourth-order valence-electron chi connectivity index (χ4n) is 3.92. The van der Waals surface area contributed by atoms with E-state index in [0.717, 1.165) is 18.2 Å². The van der Waals surface area contributed by atoms with Crippen molar-refractivity contribution in [1.82, 2.24) is 0 Å². The molecule has 0 unspecified atom stereocenters. The maximum Gasteiger partial charge on any atom is 0.416 e. The van der Waals surface area contributed by atoms with Crippen LogP contribution in [0.1, 0.15) is 56.9 Å². The van der Waals surface area contributed by atoms with Crippen LogP contribution in [0, 0.1) is 0 Å². The number of carbonyl (C=O) groups is 1. The first-order valence-corrected chi connectivity index (χ1v) is 9.44. The highest BCUT2D eigenvalue weighted by molar-refractivity contribution is 6.10. The minimum absolute atomic E-state index is 0.0158. The van der Waals surface area contributed by atoms with E-state index >= 15 is 0 Å². The van der Waals surface area contributed by atoms with Crippen molar-refractivity contribution < 1.29 is 27.5 Å². The van der Waals surface area contributed by atoms with Gasteiger partial charge in [-0.2, -0.15) is 13.2 Å². The minimum atomic E-state index is -4.55. The van der Waals surface area contributed by atoms with Gasteiger partial charge in [-0.3, -0.25) is 9.59 Å². The summed E-state index contributed by atoms with van der Waals surface area (Å²) in [6, 6.07) is 5.50. The third kappa shape index (κ3) is 3.18. The van der Waals surface area contributed by atoms with Crippen molar-refractivity contribution in [3.63, 3.8) is 0 Å². The standard InChI is InChI=1S/C22H21F3O4/c1-4-14-18(27)17-15(26)11-16(12-8-7-9-13(10-12)22(23,24)25)29-20(17)21(5-2,6-3)19(14)28/h7-11,27H,4-6H2,1-3H3. The summed E-state index contributed by atoms with van der Waals surface area (Å²) >= 11 is 0. The smallest absolute Gasteiger partial charge is 0.416 e. The van der Waals surface area contributed by atoms with Gasteiger partial charge in [0.25, 0.3) is 0 Å². The SMILES string of the molecule is CCC1=C(O)c2c(oc(-c3cccc(C(F)(F)F)c3)cc2=O)C(CC)(CC)C1=O. The summed E-state index contributed by atoms with van der Waals surface area (Å²) in [5.74, 6) is -0.789. The average Bonchev–Trinajstić information content (AvgIpc) is 2.68. The van der Waals surface area contributed by atoms with Crippen LogP contribution >= 0.6 is 0 Å². The van der Waals surface area contributed by atoms with Crippen LogP contribution in [0.5, 0.6) is 0 Å². The number of carbonyl (C=O) groups excluding carboxylic acids is 1. The van der Waals surface area contributed by atoms with Crippen molar-refractivity contribution in [2.45, 2.75) is 51.6 Å². The number of benzene rings is 1. The monoisotopic (exact) mass is 406 g/mol. The Balaban J connectivity index is 2.33. The maximum absolute atomic E-state index is 13.1. The molecule has 1 heterocycles. The number of aliphatic hydroxyl groups excluding tert-OH is 1. The van der Waals surface area contributed by atoms with Crippen LogP contribution in [0.25, 0.3) is 17.1 Å². The third-order valence-electron chi connectivity index (χ3n) is 5.65. The Morgan fingerprint density at radius 1 is 1.07 bits per heavy atom. The van der Waals surface area contributed by atoms with Crippen molar-refractivity contribution in [1.29, 1.82) is 0 Å². The first kappa shape index (κ1) is 20.9. The lowest BCUT2D eigenvalue weighted by Crippen LogP contribution is -2.41. The normalized spacial score (nSPS) is 16.1. The van der Waals surface area contributed by atoms with Gasteiger partial charge in [-0.15, -0.1) is 0 Å². The molecule has 0 radical (unpaired) electrons. The number of Topliss-reactive ketones (excluding diaryl/α,β-unsaturated/α-hetero) is 1. The highest BCUT2D eigenvalue weighted by Gasteiger charge is 2.48. The van der Waals surface area contributed by atoms with Crippen LogP contribution in [0.4, 0.5) is 13.2 Å². The van der Waals surface area contributed by atoms with Gasteiger partial charge < -0.3 is 9.52 Å². The fraction of sp³-hybridized carbons (Fsp3) is 0.364. The van der Waals surface area contributed by atoms with Gasteiger partial charge in [0.15, 0.2) is 11.2 Å². The summed E-state index contributed by atoms with van der Waals surface area (Å²) < 4.78 is 45.1. The Hall–Kier alpha value is -2.83. The number of rotatable bonds is 4. The molecule has 154 valence electrons. The van der Waals surface area contributed by atoms with Crippen molar-refractivity contribution >= 4 is 11.5 Å². The van der Waals surface area contributed by atoms with E-state index in [2.05, 4.69) is 0 Å². The van der Waals surface area contributed by atoms with Crippen LogP contribution < -0.4 is 5.43 Å². The molecule has 1 aromatic heterocycles. The molecule has 0 aliphatic heterocycles. The lowest BCUT2D eigenvalue weighted by molar-refractivity contribution is -0.137. The third-order valence-corrected chi connectivity index (χ3v) is 5.65. The van der Waals surface area contributed by atoms with E-state index in [0.29, 0.717) is 12.8 Å². The van der Waals surface area contributed by atoms with Crippen LogP contribution in [0.3, 0.4) is 0 Å². The molecule has 7 heteroatoms. The molecule has 1 aliphatic rings. The lowest BCUT2D eigenvalue weighted by Gasteiger charge is -2.35. The summed E-state index contributed by atoms with van der Waals surface area (Å²) in [4.78, 5) is 26.0. The number of halogens is 3. The van der Waals surface area contributed by atoms with Gasteiger partial charge in [0.05, 0.1) is 11.0 Å². The van der Waals surface area contributed by atoms with Crippen LogP contribution in [-0.4, -0.2) is 10.9 Å². The van der Waals surface area contributed by atoms with Crippen molar-refractivity contribution in [3.8, 4) is 11.3 Å². The minimum Gasteiger partial charge on any atom is -0.507 e. The van der Waals surface area contributed by atoms with Gasteiger partial charge in [-0.25, -0.2) is 0 Å². The second kappa shape index (κ2) is 7.21. The van der Waals surface area contributed by atoms with E-state index in [1.54, 1.807) is 20.8 Å². The predicted octanol–water partition coefficient (Wildman–Crippen LogP) is 5.65. The maximum atomic E-state index is 13.1. The van der Waals surface area contributed by atoms with Gasteiger partial charge in [-0.1, -0.05) is 32.9 Å². The van der Waals surface area contributed by atoms with Crippen molar-refractivity contribution in [2.24, 2.45) is 0 Å². The fourth-order valence-corrected chi connectivity index (χ4v) is 3.92. The van der Waals surface area contributed by atoms with Crippen LogP contribution in [0.2, 0.25) is 0 Å². The largest absolute Gasteiger partial charge is 0.507 e. The zero-order chi connectivity index (χ0) is 21.6. The average molecular weight is 406 g/mol. The first-order valence-electron chi connectivity index (χ1n) is 9.44. The molecule has 0 bridgehead atoms. The molecule has 0 saturated carbocycles. The molecule has 1 aliphatic carbocycles. The molecular weight excluding hydrogens is 385 g/mol. The van der Waals surface area contributed by atoms with Gasteiger partial charge in [0.1, 0.15) is 22.8 Å². The first-order chi connectivity index (χ1) is 13.6. The van der Waals surface area contributed by atoms with Gasteiger partial charge in [0, 0.05) is 17.2 Å². The topological polar surface area (TPSA) is 67.5 Å². The number of hydrogen-bond acceptors (Lipinski definition) is 4. The number of aliphatic hydroxyl groups is 1. The van der Waals surface area contributed by atoms with Crippen molar-refractivity contribution in [3.05, 3.63) is 63.0 Å². The molecule has 4 nitrogen and oxygen atoms in total. The Morgan fingerprint density at radius 3 is 2.28 bits per heavy atom. The lowest BCUT2D eigenvalue weighted by atomic mass is 9.68. The summed E-state index contributed by atoms with van der Waals surface area (Å²) in [6.07, 6.45) is -3.66. The van der Waals surface area contributed by atoms with Crippen LogP contribution in [-0.2, 0) is 16.4 Å². The summed E-state index contributed by atoms with van der Waals surface area (Å²) in [5.41, 5.74) is -2.47. The molecular formula is C22H21F3O4. The number of alkyl halides is 3. The van der Waals surface area contributed by atoms with Gasteiger partial charge in [0.2, 0.25) is 0 Å². The van der Waals surface area contributed by atoms with Crippen LogP contribution in [0.15, 0.2) is 45.1 Å². The molecule has 2 aromatic rings. The highest BCUT2D eigenvalue weighted by atomic mass is 19.4. The quantitative estimate of drug-likeness (QED) is 0.713. The second-order valence-electron chi connectivity index (χ2n) is 7.06. The Kier molecular flexibility index (Phi) is 5.19. The number of allylic oxidation sites excluding steroid dienone is 1. The highest BCUT2D eigenvalue weighted by Crippen LogP contribution is 2.45. The zero-order valence-electron chi connectivity index (χ0n) is 16.3. The van der Waals surface area contributed by atoms with E-state index < -0.39 is 28.3 Å². The number of ketones is 1. The molecule has 0 saturated heterocycles. The van der Waals surface area contributed by atoms with E-state index in [-0.39, 0.29) is 40.4 Å². The molecule has 0 amide bonds. The molecule has 0 spiro atoms. The predicted molar refractivity (Wildman–Crippen MR) is 103 cm³/mol. The number of fused-ring (bicyclic) bond motifs is 1. The molecule has 3 rings (SSSR count). The zero-order valence-corrected chi connectivity index (χ0v) is 16.3. The molecule has 1 N–H and O–H groups in total.